The van der Waals surface area contributed by atoms with Crippen molar-refractivity contribution in [1.29, 1.82) is 0 Å². The molecular weight excluding hydrogens is 274 g/mol. The van der Waals surface area contributed by atoms with Gasteiger partial charge >= 0.3 is 0 Å². The van der Waals surface area contributed by atoms with Gasteiger partial charge in [-0.3, -0.25) is 0 Å². The van der Waals surface area contributed by atoms with Crippen LogP contribution in [-0.2, 0) is 19.4 Å². The molecule has 1 aliphatic rings. The highest BCUT2D eigenvalue weighted by Gasteiger charge is 2.15. The van der Waals surface area contributed by atoms with Crippen molar-refractivity contribution in [3.63, 3.8) is 0 Å². The molecule has 0 fully saturated rings. The molecule has 22 heavy (non-hydrogen) atoms. The molecule has 0 saturated carbocycles. The molecule has 112 valence electrons. The predicted octanol–water partition coefficient (Wildman–Crippen LogP) is 3.15. The van der Waals surface area contributed by atoms with E-state index in [1.54, 1.807) is 0 Å². The van der Waals surface area contributed by atoms with Crippen molar-refractivity contribution in [2.24, 2.45) is 0 Å². The Balaban J connectivity index is 1.54. The number of fused-ring (bicyclic) bond motifs is 2. The number of hydrogen-bond donors (Lipinski definition) is 2. The maximum absolute atomic E-state index is 4.73. The molecule has 4 rings (SSSR count). The van der Waals surface area contributed by atoms with Crippen LogP contribution < -0.4 is 5.32 Å². The Hall–Kier alpha value is -2.43. The van der Waals surface area contributed by atoms with Crippen LogP contribution in [-0.4, -0.2) is 19.9 Å². The predicted molar refractivity (Wildman–Crippen MR) is 86.8 cm³/mol. The molecule has 0 spiro atoms. The Morgan fingerprint density at radius 2 is 2.00 bits per heavy atom. The minimum atomic E-state index is 0.604. The molecule has 0 unspecified atom stereocenters. The summed E-state index contributed by atoms with van der Waals surface area (Å²) in [6.45, 7) is 2.70. The molecule has 2 N–H and O–H groups in total. The van der Waals surface area contributed by atoms with E-state index < -0.39 is 0 Å². The highest BCUT2D eigenvalue weighted by Crippen LogP contribution is 2.22. The number of aromatic amines is 1. The Morgan fingerprint density at radius 1 is 1.09 bits per heavy atom. The minimum Gasteiger partial charge on any atom is -0.363 e. The van der Waals surface area contributed by atoms with E-state index in [-0.39, 0.29) is 0 Å². The van der Waals surface area contributed by atoms with Crippen LogP contribution >= 0.6 is 0 Å². The van der Waals surface area contributed by atoms with Gasteiger partial charge in [0.25, 0.3) is 0 Å². The number of anilines is 1. The smallest absolute Gasteiger partial charge is 0.147 e. The van der Waals surface area contributed by atoms with Crippen LogP contribution in [0.4, 0.5) is 5.82 Å². The number of aryl methyl sites for hydroxylation is 2. The first kappa shape index (κ1) is 13.2. The highest BCUT2D eigenvalue weighted by molar-refractivity contribution is 5.77. The van der Waals surface area contributed by atoms with E-state index in [0.717, 1.165) is 41.2 Å². The summed E-state index contributed by atoms with van der Waals surface area (Å²) in [6.07, 6.45) is 6.60. The number of nitrogens with one attached hydrogen (secondary N) is 2. The number of H-pyrrole nitrogens is 1. The summed E-state index contributed by atoms with van der Waals surface area (Å²) in [6, 6.07) is 6.06. The maximum Gasteiger partial charge on any atom is 0.147 e. The van der Waals surface area contributed by atoms with Gasteiger partial charge in [-0.15, -0.1) is 0 Å². The van der Waals surface area contributed by atoms with Gasteiger partial charge in [-0.05, 0) is 56.4 Å². The lowest BCUT2D eigenvalue weighted by molar-refractivity contribution is 0.648. The molecule has 3 heterocycles. The fraction of sp³-hybridized carbons (Fsp3) is 0.353. The Bertz CT molecular complexity index is 821. The van der Waals surface area contributed by atoms with Crippen LogP contribution in [0.3, 0.4) is 0 Å². The molecule has 0 aliphatic heterocycles. The van der Waals surface area contributed by atoms with E-state index in [0.29, 0.717) is 6.54 Å². The van der Waals surface area contributed by atoms with Crippen LogP contribution in [0.2, 0.25) is 0 Å². The van der Waals surface area contributed by atoms with Crippen molar-refractivity contribution in [3.05, 3.63) is 47.2 Å². The van der Waals surface area contributed by atoms with E-state index in [1.807, 2.05) is 18.3 Å². The molecule has 0 radical (unpaired) electrons. The van der Waals surface area contributed by atoms with E-state index in [4.69, 9.17) is 4.98 Å². The molecule has 3 aromatic heterocycles. The number of nitrogens with zero attached hydrogens (tertiary/aromatic N) is 3. The van der Waals surface area contributed by atoms with Gasteiger partial charge < -0.3 is 10.3 Å². The average molecular weight is 293 g/mol. The number of aromatic nitrogens is 4. The van der Waals surface area contributed by atoms with Crippen LogP contribution in [0.15, 0.2) is 24.4 Å². The second-order valence-electron chi connectivity index (χ2n) is 5.82. The third-order valence-corrected chi connectivity index (χ3v) is 4.27. The lowest BCUT2D eigenvalue weighted by atomic mass is 9.95. The lowest BCUT2D eigenvalue weighted by Crippen LogP contribution is -2.14. The first-order chi connectivity index (χ1) is 10.8. The van der Waals surface area contributed by atoms with E-state index in [1.165, 1.54) is 24.1 Å². The van der Waals surface area contributed by atoms with Crippen LogP contribution in [0, 0.1) is 6.92 Å². The average Bonchev–Trinajstić information content (AvgIpc) is 3.00. The fourth-order valence-corrected chi connectivity index (χ4v) is 3.12. The van der Waals surface area contributed by atoms with Gasteiger partial charge in [-0.25, -0.2) is 15.0 Å². The highest BCUT2D eigenvalue weighted by atomic mass is 15.0. The van der Waals surface area contributed by atoms with Gasteiger partial charge in [0.05, 0.1) is 6.54 Å². The van der Waals surface area contributed by atoms with Gasteiger partial charge in [0.2, 0.25) is 0 Å². The van der Waals surface area contributed by atoms with Gasteiger partial charge in [0.15, 0.2) is 0 Å². The Labute approximate surface area is 129 Å². The lowest BCUT2D eigenvalue weighted by Gasteiger charge is -2.17. The Kier molecular flexibility index (Phi) is 3.25. The quantitative estimate of drug-likeness (QED) is 0.778. The largest absolute Gasteiger partial charge is 0.363 e. The number of rotatable bonds is 3. The first-order valence-corrected chi connectivity index (χ1v) is 7.83. The van der Waals surface area contributed by atoms with Crippen molar-refractivity contribution in [2.75, 3.05) is 5.32 Å². The molecule has 3 aromatic rings. The normalized spacial score (nSPS) is 14.0. The third-order valence-electron chi connectivity index (χ3n) is 4.27. The summed E-state index contributed by atoms with van der Waals surface area (Å²) in [5.74, 6) is 1.69. The molecule has 5 nitrogen and oxygen atoms in total. The molecule has 1 aliphatic carbocycles. The molecule has 0 bridgehead atoms. The number of pyridine rings is 1. The van der Waals surface area contributed by atoms with Crippen LogP contribution in [0.1, 0.15) is 35.6 Å². The Morgan fingerprint density at radius 3 is 2.95 bits per heavy atom. The summed E-state index contributed by atoms with van der Waals surface area (Å²) >= 11 is 0. The summed E-state index contributed by atoms with van der Waals surface area (Å²) < 4.78 is 0. The zero-order valence-electron chi connectivity index (χ0n) is 12.7. The standard InChI is InChI=1S/C17H19N5/c1-11-13-4-2-3-5-14(13)21-16(20-11)10-19-15-7-6-12-8-9-18-17(12)22-15/h6-9H,2-5,10H2,1H3,(H2,18,19,22). The molecule has 5 heteroatoms. The van der Waals surface area contributed by atoms with E-state index >= 15 is 0 Å². The monoisotopic (exact) mass is 293 g/mol. The molecule has 0 amide bonds. The zero-order chi connectivity index (χ0) is 14.9. The molecule has 0 atom stereocenters. The van der Waals surface area contributed by atoms with Crippen molar-refractivity contribution in [1.82, 2.24) is 19.9 Å². The maximum atomic E-state index is 4.73. The SMILES string of the molecule is Cc1nc(CNc2ccc3cc[nH]c3n2)nc2c1CCCC2. The van der Waals surface area contributed by atoms with Gasteiger partial charge in [0, 0.05) is 23.0 Å². The zero-order valence-corrected chi connectivity index (χ0v) is 12.7. The number of hydrogen-bond acceptors (Lipinski definition) is 4. The molecular formula is C17H19N5. The van der Waals surface area contributed by atoms with Crippen molar-refractivity contribution in [3.8, 4) is 0 Å². The van der Waals surface area contributed by atoms with Gasteiger partial charge in [-0.1, -0.05) is 0 Å². The van der Waals surface area contributed by atoms with Gasteiger partial charge in [-0.2, -0.15) is 0 Å². The summed E-state index contributed by atoms with van der Waals surface area (Å²) in [4.78, 5) is 17.0. The molecule has 0 saturated heterocycles. The second-order valence-corrected chi connectivity index (χ2v) is 5.82. The first-order valence-electron chi connectivity index (χ1n) is 7.83. The van der Waals surface area contributed by atoms with Crippen LogP contribution in [0.5, 0.6) is 0 Å². The topological polar surface area (TPSA) is 66.5 Å². The van der Waals surface area contributed by atoms with Crippen LogP contribution in [0.25, 0.3) is 11.0 Å². The summed E-state index contributed by atoms with van der Waals surface area (Å²) in [5.41, 5.74) is 4.63. The molecule has 0 aromatic carbocycles. The minimum absolute atomic E-state index is 0.604. The third kappa shape index (κ3) is 2.43. The van der Waals surface area contributed by atoms with Gasteiger partial charge in [0.1, 0.15) is 17.3 Å². The van der Waals surface area contributed by atoms with E-state index in [2.05, 4.69) is 33.3 Å². The van der Waals surface area contributed by atoms with Crippen molar-refractivity contribution < 1.29 is 0 Å². The van der Waals surface area contributed by atoms with E-state index in [9.17, 15) is 0 Å². The van der Waals surface area contributed by atoms with Crippen molar-refractivity contribution in [2.45, 2.75) is 39.2 Å². The second kappa shape index (κ2) is 5.40. The fourth-order valence-electron chi connectivity index (χ4n) is 3.12. The summed E-state index contributed by atoms with van der Waals surface area (Å²) in [7, 11) is 0. The summed E-state index contributed by atoms with van der Waals surface area (Å²) in [5, 5.41) is 4.44. The van der Waals surface area contributed by atoms with Crippen molar-refractivity contribution >= 4 is 16.9 Å².